The fourth-order valence-corrected chi connectivity index (χ4v) is 9.65. The van der Waals surface area contributed by atoms with Crippen LogP contribution in [0, 0.1) is 45.9 Å². The molecular weight excluding hydrogens is 1070 g/mol. The Kier molecular flexibility index (Phi) is 14.5. The molecule has 356 valence electrons. The van der Waals surface area contributed by atoms with Crippen LogP contribution in [-0.4, -0.2) is 24.5 Å². The van der Waals surface area contributed by atoms with E-state index < -0.39 is 0 Å². The number of pyridine rings is 1. The Bertz CT molecular complexity index is 3540. The normalized spacial score (nSPS) is 11.1. The van der Waals surface area contributed by atoms with Crippen LogP contribution < -0.4 is 0 Å². The van der Waals surface area contributed by atoms with Crippen LogP contribution in [0.25, 0.3) is 78.3 Å². The van der Waals surface area contributed by atoms with Gasteiger partial charge in [-0.1, -0.05) is 146 Å². The van der Waals surface area contributed by atoms with Gasteiger partial charge in [0, 0.05) is 23.1 Å². The molecule has 0 radical (unpaired) electrons. The van der Waals surface area contributed by atoms with Crippen molar-refractivity contribution in [3.8, 4) is 78.3 Å². The quantitative estimate of drug-likeness (QED) is 0.102. The van der Waals surface area contributed by atoms with E-state index in [9.17, 15) is 0 Å². The Morgan fingerprint density at radius 1 is 0.384 bits per heavy atom. The first-order valence-corrected chi connectivity index (χ1v) is 24.8. The van der Waals surface area contributed by atoms with Crippen molar-refractivity contribution in [1.29, 1.82) is 0 Å². The van der Waals surface area contributed by atoms with Crippen LogP contribution in [0.5, 0.6) is 0 Å². The van der Waals surface area contributed by atoms with Gasteiger partial charge >= 0.3 is 20.1 Å². The zero-order valence-corrected chi connectivity index (χ0v) is 43.9. The van der Waals surface area contributed by atoms with Gasteiger partial charge in [-0.3, -0.25) is 9.36 Å². The molecule has 0 aliphatic rings. The summed E-state index contributed by atoms with van der Waals surface area (Å²) in [4.78, 5) is 5.22. The number of benzene rings is 8. The standard InChI is InChI=1S/C67H54N5.Ir/c1-46-43-69-71(48(46)3)61-34-26-50(27-35-61)22-24-52-38-53(25-23-51-28-36-62(37-29-51)72-49(4)47(2)44-70-72)40-60(39-52)63-20-11-12-21-64(63)66-45-68-67(59-19-13-18-58(41-59)55-16-9-6-10-17-55)42-65(66)57-32-30-56(31-33-57)54-14-7-5-8-15-54;/h5-18,20-21,26-34,36,38-45H,22-25H2,1-4H3;/q-3;+3. The third-order valence-corrected chi connectivity index (χ3v) is 14.1. The molecule has 6 heteroatoms. The molecule has 0 unspecified atom stereocenters. The number of aromatic nitrogens is 5. The summed E-state index contributed by atoms with van der Waals surface area (Å²) in [6.07, 6.45) is 9.44. The molecule has 0 N–H and O–H groups in total. The van der Waals surface area contributed by atoms with Crippen molar-refractivity contribution in [2.24, 2.45) is 0 Å². The van der Waals surface area contributed by atoms with Crippen molar-refractivity contribution in [3.63, 3.8) is 0 Å². The smallest absolute Gasteiger partial charge is 0.304 e. The van der Waals surface area contributed by atoms with Gasteiger partial charge in [0.2, 0.25) is 0 Å². The van der Waals surface area contributed by atoms with Crippen LogP contribution in [0.1, 0.15) is 44.8 Å². The second kappa shape index (κ2) is 21.8. The third-order valence-electron chi connectivity index (χ3n) is 14.1. The summed E-state index contributed by atoms with van der Waals surface area (Å²) >= 11 is 0. The molecule has 11 aromatic rings. The van der Waals surface area contributed by atoms with Crippen molar-refractivity contribution in [2.45, 2.75) is 53.4 Å². The topological polar surface area (TPSA) is 48.5 Å². The van der Waals surface area contributed by atoms with Crippen LogP contribution in [0.3, 0.4) is 0 Å². The predicted molar refractivity (Wildman–Crippen MR) is 294 cm³/mol. The Hall–Kier alpha value is -8.02. The second-order valence-corrected chi connectivity index (χ2v) is 18.8. The van der Waals surface area contributed by atoms with Gasteiger partial charge in [-0.15, -0.1) is 47.5 Å². The molecule has 5 nitrogen and oxygen atoms in total. The van der Waals surface area contributed by atoms with E-state index >= 15 is 0 Å². The van der Waals surface area contributed by atoms with E-state index in [-0.39, 0.29) is 20.1 Å². The molecule has 8 aromatic carbocycles. The molecule has 0 spiro atoms. The summed E-state index contributed by atoms with van der Waals surface area (Å²) in [5.74, 6) is 0. The maximum absolute atomic E-state index is 5.22. The van der Waals surface area contributed by atoms with Crippen LogP contribution in [-0.2, 0) is 45.8 Å². The van der Waals surface area contributed by atoms with E-state index in [1.807, 2.05) is 27.8 Å². The second-order valence-electron chi connectivity index (χ2n) is 18.8. The van der Waals surface area contributed by atoms with Gasteiger partial charge in [0.15, 0.2) is 0 Å². The van der Waals surface area contributed by atoms with Crippen LogP contribution >= 0.6 is 0 Å². The molecule has 0 aliphatic carbocycles. The van der Waals surface area contributed by atoms with Gasteiger partial charge in [-0.25, -0.2) is 0 Å². The van der Waals surface area contributed by atoms with Gasteiger partial charge < -0.3 is 4.98 Å². The summed E-state index contributed by atoms with van der Waals surface area (Å²) in [5, 5.41) is 9.18. The summed E-state index contributed by atoms with van der Waals surface area (Å²) in [5.41, 5.74) is 24.9. The molecule has 3 aromatic heterocycles. The minimum absolute atomic E-state index is 0. The van der Waals surface area contributed by atoms with Crippen LogP contribution in [0.15, 0.2) is 207 Å². The number of rotatable bonds is 14. The number of hydrogen-bond acceptors (Lipinski definition) is 3. The van der Waals surface area contributed by atoms with E-state index in [1.165, 1.54) is 55.6 Å². The molecule has 0 saturated carbocycles. The number of aryl methyl sites for hydroxylation is 6. The van der Waals surface area contributed by atoms with E-state index in [0.29, 0.717) is 0 Å². The van der Waals surface area contributed by atoms with Gasteiger partial charge in [-0.2, -0.15) is 57.7 Å². The fraction of sp³-hybridized carbons (Fsp3) is 0.119. The van der Waals surface area contributed by atoms with Gasteiger partial charge in [-0.05, 0) is 124 Å². The fourth-order valence-electron chi connectivity index (χ4n) is 9.65. The third kappa shape index (κ3) is 10.6. The van der Waals surface area contributed by atoms with Crippen molar-refractivity contribution >= 4 is 0 Å². The van der Waals surface area contributed by atoms with Crippen LogP contribution in [0.2, 0.25) is 0 Å². The largest absolute Gasteiger partial charge is 3.00 e. The first-order chi connectivity index (χ1) is 35.3. The molecular formula is C67H54IrN5. The summed E-state index contributed by atoms with van der Waals surface area (Å²) in [6, 6.07) is 78.1. The molecule has 0 aliphatic heterocycles. The minimum Gasteiger partial charge on any atom is -0.304 e. The number of hydrogen-bond donors (Lipinski definition) is 0. The first-order valence-electron chi connectivity index (χ1n) is 24.8. The van der Waals surface area contributed by atoms with E-state index in [2.05, 4.69) is 244 Å². The number of nitrogens with zero attached hydrogens (tertiary/aromatic N) is 5. The van der Waals surface area contributed by atoms with Crippen molar-refractivity contribution in [1.82, 2.24) is 24.5 Å². The van der Waals surface area contributed by atoms with Crippen molar-refractivity contribution < 1.29 is 20.1 Å². The Balaban J connectivity index is 0.00000611. The molecule has 3 heterocycles. The summed E-state index contributed by atoms with van der Waals surface area (Å²) in [7, 11) is 0. The Labute approximate surface area is 443 Å². The predicted octanol–water partition coefficient (Wildman–Crippen LogP) is 15.7. The SMILES string of the molecule is Cc1cnn(-c2[c-]cc(CCc3cc(CCc4c[c-]c(-n5ncc(C)c5C)cc4)cc(-c4ccccc4-c4cnc(-c5[c-]ccc(-c6ccccc6)c5)cc4-c4ccc(-c5ccccc5)cc4)c3)cc2)c1C.[Ir+3]. The maximum atomic E-state index is 5.22. The van der Waals surface area contributed by atoms with E-state index in [1.54, 1.807) is 0 Å². The van der Waals surface area contributed by atoms with Gasteiger partial charge in [0.25, 0.3) is 0 Å². The zero-order chi connectivity index (χ0) is 49.0. The van der Waals surface area contributed by atoms with Crippen molar-refractivity contribution in [3.05, 3.63) is 270 Å². The van der Waals surface area contributed by atoms with E-state index in [4.69, 9.17) is 4.98 Å². The molecule has 0 atom stereocenters. The average molecular weight is 1120 g/mol. The summed E-state index contributed by atoms with van der Waals surface area (Å²) in [6.45, 7) is 8.39. The monoisotopic (exact) mass is 1120 g/mol. The van der Waals surface area contributed by atoms with Crippen molar-refractivity contribution in [2.75, 3.05) is 0 Å². The van der Waals surface area contributed by atoms with Gasteiger partial charge in [0.05, 0.1) is 12.4 Å². The maximum Gasteiger partial charge on any atom is 3.00 e. The molecule has 11 rings (SSSR count). The Morgan fingerprint density at radius 3 is 1.42 bits per heavy atom. The zero-order valence-electron chi connectivity index (χ0n) is 41.5. The molecule has 0 amide bonds. The molecule has 0 saturated heterocycles. The summed E-state index contributed by atoms with van der Waals surface area (Å²) < 4.78 is 3.93. The minimum atomic E-state index is 0. The Morgan fingerprint density at radius 2 is 0.890 bits per heavy atom. The molecule has 0 fully saturated rings. The first kappa shape index (κ1) is 48.6. The van der Waals surface area contributed by atoms with Crippen LogP contribution in [0.4, 0.5) is 0 Å². The van der Waals surface area contributed by atoms with Gasteiger partial charge in [0.1, 0.15) is 0 Å². The van der Waals surface area contributed by atoms with E-state index in [0.717, 1.165) is 93.1 Å². The average Bonchev–Trinajstić information content (AvgIpc) is 3.97. The molecule has 0 bridgehead atoms. The molecule has 73 heavy (non-hydrogen) atoms.